The smallest absolute Gasteiger partial charge is 0.179 e. The molecule has 0 bridgehead atoms. The predicted octanol–water partition coefficient (Wildman–Crippen LogP) is 9.00. The first-order valence-electron chi connectivity index (χ1n) is 18.3. The first-order chi connectivity index (χ1) is 26.7. The zero-order chi connectivity index (χ0) is 36.1. The normalized spacial score (nSPS) is 12.8. The Morgan fingerprint density at radius 2 is 1.00 bits per heavy atom. The van der Waals surface area contributed by atoms with Crippen LogP contribution in [0.4, 0.5) is 22.7 Å². The molecule has 0 N–H and O–H groups in total. The number of para-hydroxylation sites is 4. The summed E-state index contributed by atoms with van der Waals surface area (Å²) in [5.74, 6) is 0.917. The molecule has 5 nitrogen and oxygen atoms in total. The van der Waals surface area contributed by atoms with Crippen LogP contribution in [0.5, 0.6) is 0 Å². The van der Waals surface area contributed by atoms with Crippen molar-refractivity contribution in [3.05, 3.63) is 206 Å². The zero-order valence-electron chi connectivity index (χ0n) is 29.7. The molecular weight excluding hydrogens is 677 g/mol. The van der Waals surface area contributed by atoms with Gasteiger partial charge in [-0.05, 0) is 93.9 Å². The minimum atomic E-state index is -2.99. The topological polar surface area (TPSA) is 33.5 Å². The predicted molar refractivity (Wildman–Crippen MR) is 225 cm³/mol. The monoisotopic (exact) mass is 712 g/mol. The quantitative estimate of drug-likeness (QED) is 0.122. The standard InChI is InChI=1S/C48H36N4OSi/c1-35-30-31-49-48(32-35)50-44-25-12-11-24-42(44)43-29-28-41(34-47(43)50)54(38-19-7-3-8-20-38,39-21-9-4-10-22-39)40-23-15-18-37(33-40)52-46-27-14-13-26-45(46)51(53-52)36-16-5-2-6-17-36/h2-34H,1H3. The summed E-state index contributed by atoms with van der Waals surface area (Å²) in [4.78, 5) is 11.6. The average Bonchev–Trinajstić information content (AvgIpc) is 3.79. The lowest BCUT2D eigenvalue weighted by molar-refractivity contribution is 0.156. The van der Waals surface area contributed by atoms with Crippen molar-refractivity contribution in [2.45, 2.75) is 6.92 Å². The van der Waals surface area contributed by atoms with Crippen molar-refractivity contribution in [3.8, 4) is 5.82 Å². The molecule has 1 aliphatic rings. The van der Waals surface area contributed by atoms with Crippen LogP contribution in [0, 0.1) is 6.92 Å². The maximum atomic E-state index is 6.73. The van der Waals surface area contributed by atoms with E-state index in [1.165, 1.54) is 37.1 Å². The van der Waals surface area contributed by atoms with Gasteiger partial charge in [-0.2, -0.15) is 10.1 Å². The number of hydrogen-bond donors (Lipinski definition) is 0. The van der Waals surface area contributed by atoms with Crippen molar-refractivity contribution in [2.75, 3.05) is 10.1 Å². The molecule has 0 fully saturated rings. The summed E-state index contributed by atoms with van der Waals surface area (Å²) >= 11 is 0. The number of benzene rings is 7. The molecule has 258 valence electrons. The van der Waals surface area contributed by atoms with E-state index in [-0.39, 0.29) is 0 Å². The molecular formula is C48H36N4OSi. The van der Waals surface area contributed by atoms with Crippen molar-refractivity contribution >= 4 is 73.4 Å². The molecule has 54 heavy (non-hydrogen) atoms. The van der Waals surface area contributed by atoms with Gasteiger partial charge in [-0.1, -0.05) is 133 Å². The van der Waals surface area contributed by atoms with Crippen LogP contribution in [0.3, 0.4) is 0 Å². The van der Waals surface area contributed by atoms with E-state index in [1.54, 1.807) is 0 Å². The molecule has 9 aromatic rings. The molecule has 2 aromatic heterocycles. The molecule has 0 amide bonds. The van der Waals surface area contributed by atoms with Crippen molar-refractivity contribution in [1.82, 2.24) is 9.55 Å². The Hall–Kier alpha value is -6.73. The Kier molecular flexibility index (Phi) is 7.72. The van der Waals surface area contributed by atoms with E-state index in [2.05, 4.69) is 187 Å². The van der Waals surface area contributed by atoms with Crippen LogP contribution in [-0.2, 0) is 4.94 Å². The van der Waals surface area contributed by atoms with E-state index in [0.717, 1.165) is 39.6 Å². The van der Waals surface area contributed by atoms with Gasteiger partial charge in [0.05, 0.1) is 33.8 Å². The van der Waals surface area contributed by atoms with Gasteiger partial charge in [-0.15, -0.1) is 4.94 Å². The van der Waals surface area contributed by atoms with Gasteiger partial charge in [0.2, 0.25) is 0 Å². The fourth-order valence-corrected chi connectivity index (χ4v) is 13.0. The third-order valence-electron chi connectivity index (χ3n) is 10.6. The van der Waals surface area contributed by atoms with Crippen molar-refractivity contribution in [3.63, 3.8) is 0 Å². The summed E-state index contributed by atoms with van der Waals surface area (Å²) in [6.07, 6.45) is 1.91. The fourth-order valence-electron chi connectivity index (χ4n) is 8.25. The van der Waals surface area contributed by atoms with E-state index in [9.17, 15) is 0 Å². The summed E-state index contributed by atoms with van der Waals surface area (Å²) in [5.41, 5.74) is 7.36. The molecule has 1 aliphatic heterocycles. The van der Waals surface area contributed by atoms with Crippen LogP contribution in [0.15, 0.2) is 200 Å². The van der Waals surface area contributed by atoms with Gasteiger partial charge in [0, 0.05) is 17.0 Å². The molecule has 0 spiro atoms. The van der Waals surface area contributed by atoms with Crippen LogP contribution in [0.2, 0.25) is 0 Å². The highest BCUT2D eigenvalue weighted by atomic mass is 28.3. The van der Waals surface area contributed by atoms with Crippen LogP contribution < -0.4 is 30.9 Å². The van der Waals surface area contributed by atoms with Crippen molar-refractivity contribution in [2.24, 2.45) is 0 Å². The minimum Gasteiger partial charge on any atom is -0.294 e. The Morgan fingerprint density at radius 3 is 1.70 bits per heavy atom. The second kappa shape index (κ2) is 13.0. The minimum absolute atomic E-state index is 0.917. The summed E-state index contributed by atoms with van der Waals surface area (Å²) in [5, 5.41) is 11.4. The van der Waals surface area contributed by atoms with Crippen molar-refractivity contribution < 1.29 is 4.94 Å². The molecule has 0 unspecified atom stereocenters. The van der Waals surface area contributed by atoms with Crippen LogP contribution in [0.25, 0.3) is 27.6 Å². The first-order valence-corrected chi connectivity index (χ1v) is 20.3. The van der Waals surface area contributed by atoms with Crippen molar-refractivity contribution in [1.29, 1.82) is 0 Å². The number of nitrogens with zero attached hydrogens (tertiary/aromatic N) is 4. The maximum absolute atomic E-state index is 6.73. The van der Waals surface area contributed by atoms with Gasteiger partial charge < -0.3 is 0 Å². The first kappa shape index (κ1) is 32.0. The van der Waals surface area contributed by atoms with E-state index < -0.39 is 8.07 Å². The molecule has 3 heterocycles. The molecule has 0 saturated carbocycles. The Bertz CT molecular complexity index is 2750. The third kappa shape index (κ3) is 5.07. The number of fused-ring (bicyclic) bond motifs is 4. The summed E-state index contributed by atoms with van der Waals surface area (Å²) in [6.45, 7) is 2.13. The summed E-state index contributed by atoms with van der Waals surface area (Å²) < 4.78 is 2.33. The largest absolute Gasteiger partial charge is 0.294 e. The maximum Gasteiger partial charge on any atom is 0.179 e. The molecule has 0 saturated heterocycles. The van der Waals surface area contributed by atoms with Gasteiger partial charge in [0.15, 0.2) is 8.07 Å². The number of aryl methyl sites for hydroxylation is 1. The van der Waals surface area contributed by atoms with E-state index >= 15 is 0 Å². The molecule has 0 radical (unpaired) electrons. The van der Waals surface area contributed by atoms with Gasteiger partial charge in [0.1, 0.15) is 5.82 Å². The number of hydrogen-bond acceptors (Lipinski definition) is 4. The lowest BCUT2D eigenvalue weighted by Crippen LogP contribution is -2.74. The Labute approximate surface area is 315 Å². The van der Waals surface area contributed by atoms with E-state index in [4.69, 9.17) is 9.92 Å². The van der Waals surface area contributed by atoms with Gasteiger partial charge >= 0.3 is 0 Å². The average molecular weight is 713 g/mol. The lowest BCUT2D eigenvalue weighted by atomic mass is 10.1. The van der Waals surface area contributed by atoms with Crippen LogP contribution in [-0.4, -0.2) is 17.6 Å². The highest BCUT2D eigenvalue weighted by Gasteiger charge is 2.42. The van der Waals surface area contributed by atoms with E-state index in [1.807, 2.05) is 34.5 Å². The third-order valence-corrected chi connectivity index (χ3v) is 15.4. The Morgan fingerprint density at radius 1 is 0.444 bits per heavy atom. The highest BCUT2D eigenvalue weighted by molar-refractivity contribution is 7.20. The van der Waals surface area contributed by atoms with Crippen LogP contribution in [0.1, 0.15) is 5.56 Å². The summed E-state index contributed by atoms with van der Waals surface area (Å²) in [7, 11) is -2.99. The number of anilines is 4. The van der Waals surface area contributed by atoms with Gasteiger partial charge in [-0.3, -0.25) is 4.57 Å². The number of rotatable bonds is 7. The lowest BCUT2D eigenvalue weighted by Gasteiger charge is -2.35. The zero-order valence-corrected chi connectivity index (χ0v) is 30.7. The highest BCUT2D eigenvalue weighted by Crippen LogP contribution is 2.44. The molecule has 7 aromatic carbocycles. The number of pyridine rings is 1. The van der Waals surface area contributed by atoms with E-state index in [0.29, 0.717) is 0 Å². The Balaban J connectivity index is 1.24. The summed E-state index contributed by atoms with van der Waals surface area (Å²) in [6, 6.07) is 69.8. The van der Waals surface area contributed by atoms with Gasteiger partial charge in [0.25, 0.3) is 0 Å². The second-order valence-corrected chi connectivity index (χ2v) is 17.6. The number of aromatic nitrogens is 2. The van der Waals surface area contributed by atoms with Crippen LogP contribution >= 0.6 is 0 Å². The SMILES string of the molecule is Cc1ccnc(-n2c3ccccc3c3ccc([Si](c4ccccc4)(c4ccccc4)c4cccc(N5ON(c6ccccc6)c6ccccc65)c4)cc32)c1. The second-order valence-electron chi connectivity index (χ2n) is 13.8. The molecule has 0 aliphatic carbocycles. The molecule has 6 heteroatoms. The molecule has 0 atom stereocenters. The fraction of sp³-hybridized carbons (Fsp3) is 0.0208. The van der Waals surface area contributed by atoms with Gasteiger partial charge in [-0.25, -0.2) is 4.98 Å². The molecule has 10 rings (SSSR count).